The van der Waals surface area contributed by atoms with Crippen LogP contribution in [-0.2, 0) is 10.0 Å². The smallest absolute Gasteiger partial charge is 0.312 e. The number of rotatable bonds is 15. The quantitative estimate of drug-likeness (QED) is 0.0571. The van der Waals surface area contributed by atoms with Gasteiger partial charge < -0.3 is 29.8 Å². The third-order valence-electron chi connectivity index (χ3n) is 14.9. The number of pyridine rings is 2. The van der Waals surface area contributed by atoms with E-state index in [4.69, 9.17) is 9.47 Å². The molecule has 5 aromatic rings. The number of benzene rings is 2. The van der Waals surface area contributed by atoms with Gasteiger partial charge in [-0.2, -0.15) is 4.98 Å². The van der Waals surface area contributed by atoms with Gasteiger partial charge in [0.2, 0.25) is 5.82 Å². The van der Waals surface area contributed by atoms with Crippen molar-refractivity contribution in [2.24, 2.45) is 11.3 Å². The second-order valence-corrected chi connectivity index (χ2v) is 22.3. The minimum atomic E-state index is -4.73. The van der Waals surface area contributed by atoms with Gasteiger partial charge in [-0.25, -0.2) is 22.5 Å². The van der Waals surface area contributed by atoms with Crippen LogP contribution in [0.25, 0.3) is 11.0 Å². The third-order valence-corrected chi connectivity index (χ3v) is 16.2. The van der Waals surface area contributed by atoms with Crippen molar-refractivity contribution in [1.29, 1.82) is 0 Å². The number of piperidine rings is 1. The zero-order chi connectivity index (χ0) is 48.8. The standard InChI is InChI=1S/C51H63FN8O8S/c1-31(2)36-9-6-7-10-37(36)38-11-8-12-42(38)59-29-51(30-59)19-21-58(22-20-51)34-13-14-39(44(23-34)68-45-25-40-41(52)28-55-46(40)56-49(45)67-32(3)4)48(61)57-69(65,66)35-24-43(60(63)64)47(54-27-35)53-26-33-15-17-50(5,62)18-16-33/h6-7,9-10,13-14,23-25,27-28,31-33,38,42,62H,8,11-12,15-22,26,29-30H2,1-5H3,(H,53,54)(H,55,56)(H,57,61)/t33-,38-,42-,50-/m1/s1. The number of sulfonamides is 1. The molecule has 18 heteroatoms. The second kappa shape index (κ2) is 19.2. The lowest BCUT2D eigenvalue weighted by Crippen LogP contribution is -2.63. The molecule has 0 bridgehead atoms. The van der Waals surface area contributed by atoms with Gasteiger partial charge in [-0.3, -0.25) is 19.8 Å². The number of amides is 1. The van der Waals surface area contributed by atoms with Crippen LogP contribution in [0.4, 0.5) is 21.6 Å². The summed E-state index contributed by atoms with van der Waals surface area (Å²) >= 11 is 0. The number of aliphatic hydroxyl groups is 1. The average molecular weight is 967 g/mol. The van der Waals surface area contributed by atoms with Crippen LogP contribution in [0.2, 0.25) is 0 Å². The molecule has 368 valence electrons. The van der Waals surface area contributed by atoms with Crippen LogP contribution in [-0.4, -0.2) is 94.7 Å². The zero-order valence-electron chi connectivity index (χ0n) is 40.0. The number of fused-ring (bicyclic) bond motifs is 1. The van der Waals surface area contributed by atoms with Crippen molar-refractivity contribution in [3.8, 4) is 17.4 Å². The van der Waals surface area contributed by atoms with E-state index in [0.29, 0.717) is 50.1 Å². The normalized spacial score (nSPS) is 22.8. The van der Waals surface area contributed by atoms with Crippen molar-refractivity contribution in [1.82, 2.24) is 24.6 Å². The number of carbonyl (C=O) groups is 1. The van der Waals surface area contributed by atoms with Crippen LogP contribution >= 0.6 is 0 Å². The van der Waals surface area contributed by atoms with Crippen molar-refractivity contribution in [2.75, 3.05) is 42.9 Å². The number of nitro groups is 1. The molecule has 2 saturated heterocycles. The fourth-order valence-electron chi connectivity index (χ4n) is 11.0. The number of H-pyrrole nitrogens is 1. The van der Waals surface area contributed by atoms with Crippen LogP contribution in [0.3, 0.4) is 0 Å². The van der Waals surface area contributed by atoms with E-state index in [0.717, 1.165) is 63.2 Å². The number of anilines is 2. The number of halogens is 1. The molecule has 3 aromatic heterocycles. The Balaban J connectivity index is 0.943. The first kappa shape index (κ1) is 48.2. The number of carbonyl (C=O) groups excluding carboxylic acids is 1. The van der Waals surface area contributed by atoms with Crippen molar-refractivity contribution in [2.45, 2.75) is 127 Å². The lowest BCUT2D eigenvalue weighted by molar-refractivity contribution is -0.384. The maximum Gasteiger partial charge on any atom is 0.312 e. The van der Waals surface area contributed by atoms with E-state index in [2.05, 4.69) is 72.9 Å². The first-order valence-electron chi connectivity index (χ1n) is 24.3. The van der Waals surface area contributed by atoms with Crippen molar-refractivity contribution >= 4 is 44.2 Å². The Morgan fingerprint density at radius 2 is 1.75 bits per heavy atom. The van der Waals surface area contributed by atoms with E-state index in [1.54, 1.807) is 32.9 Å². The first-order chi connectivity index (χ1) is 32.9. The highest BCUT2D eigenvalue weighted by molar-refractivity contribution is 7.90. The topological polar surface area (TPSA) is 205 Å². The van der Waals surface area contributed by atoms with Crippen LogP contribution < -0.4 is 24.4 Å². The molecule has 0 radical (unpaired) electrons. The van der Waals surface area contributed by atoms with Crippen LogP contribution in [0.1, 0.15) is 126 Å². The Hall–Kier alpha value is -5.85. The summed E-state index contributed by atoms with van der Waals surface area (Å²) in [6.45, 7) is 13.9. The van der Waals surface area contributed by atoms with Crippen molar-refractivity contribution in [3.63, 3.8) is 0 Å². The van der Waals surface area contributed by atoms with Crippen molar-refractivity contribution < 1.29 is 37.1 Å². The molecule has 2 aliphatic heterocycles. The minimum absolute atomic E-state index is 0.00123. The monoisotopic (exact) mass is 966 g/mol. The number of aromatic nitrogens is 3. The van der Waals surface area contributed by atoms with Crippen molar-refractivity contribution in [3.05, 3.63) is 99.6 Å². The van der Waals surface area contributed by atoms with E-state index in [1.165, 1.54) is 42.5 Å². The summed E-state index contributed by atoms with van der Waals surface area (Å²) in [7, 11) is -4.73. The predicted octanol–water partition coefficient (Wildman–Crippen LogP) is 9.42. The molecule has 4 N–H and O–H groups in total. The minimum Gasteiger partial charge on any atom is -0.472 e. The molecule has 2 saturated carbocycles. The summed E-state index contributed by atoms with van der Waals surface area (Å²) in [5.41, 5.74) is 2.63. The van der Waals surface area contributed by atoms with E-state index in [1.807, 2.05) is 0 Å². The molecule has 16 nitrogen and oxygen atoms in total. The largest absolute Gasteiger partial charge is 0.472 e. The van der Waals surface area contributed by atoms with Gasteiger partial charge in [0.1, 0.15) is 22.1 Å². The van der Waals surface area contributed by atoms with Crippen LogP contribution in [0.5, 0.6) is 17.4 Å². The van der Waals surface area contributed by atoms with Gasteiger partial charge in [0.25, 0.3) is 21.8 Å². The Morgan fingerprint density at radius 1 is 1.01 bits per heavy atom. The van der Waals surface area contributed by atoms with E-state index in [-0.39, 0.29) is 57.2 Å². The number of hydrogen-bond donors (Lipinski definition) is 4. The maximum atomic E-state index is 15.0. The Morgan fingerprint density at radius 3 is 2.46 bits per heavy atom. The van der Waals surface area contributed by atoms with Gasteiger partial charge in [0, 0.05) is 68.8 Å². The molecule has 2 aliphatic carbocycles. The molecule has 5 heterocycles. The molecular formula is C51H63FN8O8S. The zero-order valence-corrected chi connectivity index (χ0v) is 40.8. The van der Waals surface area contributed by atoms with Crippen LogP contribution in [0, 0.1) is 27.3 Å². The van der Waals surface area contributed by atoms with Gasteiger partial charge >= 0.3 is 5.69 Å². The molecule has 1 spiro atoms. The molecule has 9 rings (SSSR count). The molecule has 4 fully saturated rings. The van der Waals surface area contributed by atoms with E-state index in [9.17, 15) is 32.8 Å². The fourth-order valence-corrected chi connectivity index (χ4v) is 11.9. The third kappa shape index (κ3) is 10.2. The summed E-state index contributed by atoms with van der Waals surface area (Å²) in [6, 6.07) is 16.6. The molecule has 2 atom stereocenters. The Kier molecular flexibility index (Phi) is 13.4. The summed E-state index contributed by atoms with van der Waals surface area (Å²) in [5, 5.41) is 25.6. The highest BCUT2D eigenvalue weighted by Gasteiger charge is 2.49. The number of ether oxygens (including phenoxy) is 2. The van der Waals surface area contributed by atoms with Gasteiger partial charge in [-0.15, -0.1) is 0 Å². The summed E-state index contributed by atoms with van der Waals surface area (Å²) in [5.74, 6) is -0.625. The number of hydrogen-bond acceptors (Lipinski definition) is 13. The molecule has 69 heavy (non-hydrogen) atoms. The molecule has 1 amide bonds. The molecule has 4 aliphatic rings. The Labute approximate surface area is 402 Å². The first-order valence-corrected chi connectivity index (χ1v) is 25.8. The van der Waals surface area contributed by atoms with Crippen LogP contribution in [0.15, 0.2) is 71.9 Å². The van der Waals surface area contributed by atoms with Gasteiger partial charge in [-0.1, -0.05) is 44.5 Å². The Bertz CT molecular complexity index is 2830. The molecule has 2 aromatic carbocycles. The number of nitrogens with one attached hydrogen (secondary N) is 3. The summed E-state index contributed by atoms with van der Waals surface area (Å²) in [4.78, 5) is 41.3. The lowest BCUT2D eigenvalue weighted by atomic mass is 9.70. The average Bonchev–Trinajstić information content (AvgIpc) is 3.93. The fraction of sp³-hybridized carbons (Fsp3) is 0.510. The number of likely N-dealkylation sites (tertiary alicyclic amines) is 1. The van der Waals surface area contributed by atoms with E-state index < -0.39 is 42.9 Å². The summed E-state index contributed by atoms with van der Waals surface area (Å²) < 4.78 is 57.1. The summed E-state index contributed by atoms with van der Waals surface area (Å²) in [6.07, 6.45) is 9.98. The molecule has 0 unspecified atom stereocenters. The molecular weight excluding hydrogens is 904 g/mol. The lowest BCUT2D eigenvalue weighted by Gasteiger charge is -2.57. The SMILES string of the molecule is CC(C)Oc1nc2[nH]cc(F)c2cc1Oc1cc(N2CCC3(CC2)CN([C@@H]2CCC[C@@H]2c2ccccc2C(C)C)C3)ccc1C(=O)NS(=O)(=O)c1cnc(NC[C@H]2CC[C@](C)(O)CC2)c([N+](=O)[O-])c1. The van der Waals surface area contributed by atoms with Gasteiger partial charge in [0.15, 0.2) is 5.75 Å². The highest BCUT2D eigenvalue weighted by atomic mass is 32.2. The van der Waals surface area contributed by atoms with E-state index >= 15 is 0 Å². The maximum absolute atomic E-state index is 15.0. The van der Waals surface area contributed by atoms with Gasteiger partial charge in [0.05, 0.1) is 33.8 Å². The number of nitrogens with zero attached hydrogens (tertiary/aromatic N) is 5. The van der Waals surface area contributed by atoms with Gasteiger partial charge in [-0.05, 0) is 119 Å². The number of aromatic amines is 1. The predicted molar refractivity (Wildman–Crippen MR) is 261 cm³/mol. The second-order valence-electron chi connectivity index (χ2n) is 20.6. The highest BCUT2D eigenvalue weighted by Crippen LogP contribution is 2.49.